The fraction of sp³-hybridized carbons (Fsp3) is 0.250. The summed E-state index contributed by atoms with van der Waals surface area (Å²) in [6, 6.07) is 3.96. The third-order valence-corrected chi connectivity index (χ3v) is 4.83. The maximum atomic E-state index is 12.5. The van der Waals surface area contributed by atoms with Crippen molar-refractivity contribution < 1.29 is 18.0 Å². The molecule has 0 fully saturated rings. The predicted octanol–water partition coefficient (Wildman–Crippen LogP) is 2.25. The summed E-state index contributed by atoms with van der Waals surface area (Å²) in [4.78, 5) is 28.4. The Balaban J connectivity index is 2.24. The average Bonchev–Trinajstić information content (AvgIpc) is 2.82. The molecule has 1 heterocycles. The van der Waals surface area contributed by atoms with Gasteiger partial charge in [0.05, 0.1) is 5.69 Å². The Kier molecular flexibility index (Phi) is 5.70. The van der Waals surface area contributed by atoms with Crippen LogP contribution in [0.4, 0.5) is 10.8 Å². The van der Waals surface area contributed by atoms with Crippen LogP contribution in [0.3, 0.4) is 0 Å². The highest BCUT2D eigenvalue weighted by molar-refractivity contribution is 7.73. The molecule has 0 aliphatic rings. The number of aromatic nitrogens is 1. The number of thiazole rings is 1. The number of carbonyl (C=O) groups excluding carboxylic acids is 2. The smallest absolute Gasteiger partial charge is 0.267 e. The summed E-state index contributed by atoms with van der Waals surface area (Å²) in [5, 5.41) is 5.85. The first kappa shape index (κ1) is 18.8. The van der Waals surface area contributed by atoms with Gasteiger partial charge >= 0.3 is 0 Å². The predicted molar refractivity (Wildman–Crippen MR) is 99.1 cm³/mol. The maximum absolute atomic E-state index is 12.5. The molecular weight excluding hydrogens is 362 g/mol. The third-order valence-electron chi connectivity index (χ3n) is 3.35. The van der Waals surface area contributed by atoms with Crippen molar-refractivity contribution in [1.82, 2.24) is 4.98 Å². The molecule has 0 aliphatic carbocycles. The minimum absolute atomic E-state index is 0.159. The van der Waals surface area contributed by atoms with E-state index < -0.39 is 16.2 Å². The summed E-state index contributed by atoms with van der Waals surface area (Å²) < 4.78 is 20.9. The molecule has 0 atom stereocenters. The highest BCUT2D eigenvalue weighted by Gasteiger charge is 2.18. The Hall–Kier alpha value is -2.52. The lowest BCUT2D eigenvalue weighted by molar-refractivity contribution is -0.109. The number of nitrogens with zero attached hydrogens (tertiary/aromatic N) is 1. The van der Waals surface area contributed by atoms with Crippen molar-refractivity contribution in [3.05, 3.63) is 39.4 Å². The number of nitrogens with one attached hydrogen (secondary N) is 2. The molecule has 2 amide bonds. The molecule has 0 bridgehead atoms. The second-order valence-corrected chi connectivity index (χ2v) is 7.28. The second kappa shape index (κ2) is 7.58. The topological polar surface area (TPSA) is 105 Å². The standard InChI is InChI=1S/C16H17N3O4S2/c1-8-5-9(2)13(10(3)6-8)19-15(21)14-11(4)17-16(24-14)18-12(20)7-25(22)23/h5-7H,1-4H3,(H,19,21)(H,17,18,20). The number of rotatable bonds is 4. The molecule has 2 N–H and O–H groups in total. The first-order valence-electron chi connectivity index (χ1n) is 7.28. The molecule has 7 nitrogen and oxygen atoms in total. The average molecular weight is 379 g/mol. The van der Waals surface area contributed by atoms with Crippen LogP contribution in [0.15, 0.2) is 12.1 Å². The summed E-state index contributed by atoms with van der Waals surface area (Å²) in [6.45, 7) is 7.46. The molecule has 1 aromatic carbocycles. The Morgan fingerprint density at radius 3 is 2.24 bits per heavy atom. The van der Waals surface area contributed by atoms with Gasteiger partial charge in [0.15, 0.2) is 5.13 Å². The molecule has 0 unspecified atom stereocenters. The molecule has 132 valence electrons. The molecule has 0 radical (unpaired) electrons. The molecule has 2 aromatic rings. The van der Waals surface area contributed by atoms with Crippen LogP contribution in [-0.2, 0) is 15.1 Å². The van der Waals surface area contributed by atoms with Gasteiger partial charge in [-0.25, -0.2) is 4.98 Å². The van der Waals surface area contributed by atoms with E-state index in [1.54, 1.807) is 6.92 Å². The Morgan fingerprint density at radius 1 is 1.08 bits per heavy atom. The lowest BCUT2D eigenvalue weighted by atomic mass is 10.1. The first-order chi connectivity index (χ1) is 11.7. The summed E-state index contributed by atoms with van der Waals surface area (Å²) >= 11 is 0.981. The number of hydrogen-bond donors (Lipinski definition) is 2. The zero-order valence-electron chi connectivity index (χ0n) is 14.1. The van der Waals surface area contributed by atoms with Gasteiger partial charge < -0.3 is 5.32 Å². The van der Waals surface area contributed by atoms with Crippen LogP contribution < -0.4 is 10.6 Å². The summed E-state index contributed by atoms with van der Waals surface area (Å²) in [6.07, 6.45) is 0. The number of amides is 2. The third kappa shape index (κ3) is 4.74. The van der Waals surface area contributed by atoms with Crippen LogP contribution in [0, 0.1) is 27.7 Å². The van der Waals surface area contributed by atoms with Gasteiger partial charge in [-0.1, -0.05) is 29.0 Å². The minimum Gasteiger partial charge on any atom is -0.321 e. The van der Waals surface area contributed by atoms with Crippen molar-refractivity contribution in [3.63, 3.8) is 0 Å². The van der Waals surface area contributed by atoms with Crippen LogP contribution in [-0.4, -0.2) is 30.6 Å². The van der Waals surface area contributed by atoms with E-state index in [2.05, 4.69) is 15.6 Å². The van der Waals surface area contributed by atoms with Gasteiger partial charge in [-0.3, -0.25) is 14.9 Å². The van der Waals surface area contributed by atoms with E-state index in [1.807, 2.05) is 32.9 Å². The quantitative estimate of drug-likeness (QED) is 0.793. The van der Waals surface area contributed by atoms with E-state index in [0.717, 1.165) is 33.7 Å². The van der Waals surface area contributed by atoms with Crippen LogP contribution in [0.5, 0.6) is 0 Å². The SMILES string of the molecule is Cc1cc(C)c(NC(=O)c2sc(NC(=O)C=S(=O)=O)nc2C)c(C)c1. The van der Waals surface area contributed by atoms with Crippen LogP contribution in [0.2, 0.25) is 0 Å². The molecule has 0 aliphatic heterocycles. The maximum Gasteiger partial charge on any atom is 0.267 e. The molecule has 9 heteroatoms. The van der Waals surface area contributed by atoms with Gasteiger partial charge in [0.2, 0.25) is 10.3 Å². The number of hydrogen-bond acceptors (Lipinski definition) is 6. The lowest BCUT2D eigenvalue weighted by Crippen LogP contribution is -2.13. The monoisotopic (exact) mass is 379 g/mol. The summed E-state index contributed by atoms with van der Waals surface area (Å²) in [5.74, 6) is -1.15. The van der Waals surface area contributed by atoms with Crippen molar-refractivity contribution in [2.45, 2.75) is 27.7 Å². The Bertz CT molecular complexity index is 960. The fourth-order valence-corrected chi connectivity index (χ4v) is 3.53. The van der Waals surface area contributed by atoms with Gasteiger partial charge in [-0.05, 0) is 38.8 Å². The summed E-state index contributed by atoms with van der Waals surface area (Å²) in [7, 11) is -2.60. The first-order valence-corrected chi connectivity index (χ1v) is 9.23. The van der Waals surface area contributed by atoms with Crippen molar-refractivity contribution in [3.8, 4) is 0 Å². The van der Waals surface area contributed by atoms with Gasteiger partial charge in [-0.15, -0.1) is 0 Å². The zero-order chi connectivity index (χ0) is 18.7. The van der Waals surface area contributed by atoms with Crippen molar-refractivity contribution in [2.75, 3.05) is 10.6 Å². The van der Waals surface area contributed by atoms with Crippen LogP contribution in [0.1, 0.15) is 32.1 Å². The Morgan fingerprint density at radius 2 is 1.68 bits per heavy atom. The van der Waals surface area contributed by atoms with E-state index in [0.29, 0.717) is 15.9 Å². The molecule has 0 saturated heterocycles. The zero-order valence-corrected chi connectivity index (χ0v) is 15.8. The Labute approximate surface area is 150 Å². The highest BCUT2D eigenvalue weighted by Crippen LogP contribution is 2.26. The molecule has 1 aromatic heterocycles. The fourth-order valence-electron chi connectivity index (χ4n) is 2.43. The van der Waals surface area contributed by atoms with Gasteiger partial charge in [0.1, 0.15) is 10.2 Å². The van der Waals surface area contributed by atoms with Crippen molar-refractivity contribution in [2.24, 2.45) is 0 Å². The van der Waals surface area contributed by atoms with Gasteiger partial charge in [0, 0.05) is 5.69 Å². The molecule has 0 spiro atoms. The van der Waals surface area contributed by atoms with Crippen LogP contribution >= 0.6 is 11.3 Å². The molecule has 2 rings (SSSR count). The van der Waals surface area contributed by atoms with Gasteiger partial charge in [0.25, 0.3) is 11.8 Å². The summed E-state index contributed by atoms with van der Waals surface area (Å²) in [5.41, 5.74) is 4.20. The molecular formula is C16H17N3O4S2. The highest BCUT2D eigenvalue weighted by atomic mass is 32.2. The van der Waals surface area contributed by atoms with Crippen molar-refractivity contribution in [1.29, 1.82) is 0 Å². The van der Waals surface area contributed by atoms with E-state index in [-0.39, 0.29) is 11.0 Å². The van der Waals surface area contributed by atoms with E-state index in [1.165, 1.54) is 0 Å². The molecule has 0 saturated carbocycles. The number of anilines is 2. The van der Waals surface area contributed by atoms with E-state index in [4.69, 9.17) is 0 Å². The normalized spacial score (nSPS) is 10.2. The van der Waals surface area contributed by atoms with Crippen molar-refractivity contribution >= 4 is 49.6 Å². The second-order valence-electron chi connectivity index (χ2n) is 5.53. The number of benzene rings is 1. The largest absolute Gasteiger partial charge is 0.321 e. The lowest BCUT2D eigenvalue weighted by Gasteiger charge is -2.12. The van der Waals surface area contributed by atoms with Gasteiger partial charge in [-0.2, -0.15) is 8.42 Å². The van der Waals surface area contributed by atoms with E-state index in [9.17, 15) is 18.0 Å². The minimum atomic E-state index is -2.60. The number of carbonyl (C=O) groups is 2. The van der Waals surface area contributed by atoms with E-state index >= 15 is 0 Å². The van der Waals surface area contributed by atoms with Crippen LogP contribution in [0.25, 0.3) is 0 Å². The molecule has 25 heavy (non-hydrogen) atoms. The number of aryl methyl sites for hydroxylation is 4.